The van der Waals surface area contributed by atoms with Crippen LogP contribution in [0.1, 0.15) is 24.2 Å². The van der Waals surface area contributed by atoms with Crippen molar-refractivity contribution in [1.82, 2.24) is 0 Å². The minimum absolute atomic E-state index is 0.0389. The summed E-state index contributed by atoms with van der Waals surface area (Å²) in [5, 5.41) is 0.0670. The van der Waals surface area contributed by atoms with E-state index in [2.05, 4.69) is 0 Å². The second-order valence-electron chi connectivity index (χ2n) is 4.76. The van der Waals surface area contributed by atoms with E-state index in [0.29, 0.717) is 11.8 Å². The third-order valence-electron chi connectivity index (χ3n) is 2.82. The molecule has 0 bridgehead atoms. The number of carbonyl (C=O) groups is 1. The number of halogens is 3. The van der Waals surface area contributed by atoms with E-state index in [1.807, 2.05) is 0 Å². The van der Waals surface area contributed by atoms with Crippen molar-refractivity contribution in [1.29, 1.82) is 0 Å². The van der Waals surface area contributed by atoms with Crippen LogP contribution in [-0.4, -0.2) is 12.4 Å². The highest BCUT2D eigenvalue weighted by Gasteiger charge is 2.20. The SMILES string of the molecule is CC(C)Oc1c(C=O)cc(Cl)c(-c2ccc(F)cc2)c1F. The predicted octanol–water partition coefficient (Wildman–Crippen LogP) is 4.88. The van der Waals surface area contributed by atoms with Crippen LogP contribution in [0.2, 0.25) is 5.02 Å². The van der Waals surface area contributed by atoms with Crippen molar-refractivity contribution >= 4 is 17.9 Å². The molecule has 21 heavy (non-hydrogen) atoms. The molecule has 0 amide bonds. The summed E-state index contributed by atoms with van der Waals surface area (Å²) < 4.78 is 33.0. The molecule has 0 saturated carbocycles. The number of carbonyl (C=O) groups excluding carboxylic acids is 1. The number of hydrogen-bond donors (Lipinski definition) is 0. The summed E-state index contributed by atoms with van der Waals surface area (Å²) in [7, 11) is 0. The average Bonchev–Trinajstić information content (AvgIpc) is 2.43. The van der Waals surface area contributed by atoms with E-state index >= 15 is 0 Å². The molecule has 0 aliphatic heterocycles. The first-order chi connectivity index (χ1) is 9.93. The largest absolute Gasteiger partial charge is 0.487 e. The van der Waals surface area contributed by atoms with Crippen molar-refractivity contribution < 1.29 is 18.3 Å². The van der Waals surface area contributed by atoms with Gasteiger partial charge in [0.05, 0.1) is 16.7 Å². The van der Waals surface area contributed by atoms with Gasteiger partial charge in [0.2, 0.25) is 0 Å². The molecule has 2 aromatic rings. The van der Waals surface area contributed by atoms with Gasteiger partial charge in [-0.2, -0.15) is 0 Å². The molecule has 0 radical (unpaired) electrons. The molecule has 0 fully saturated rings. The van der Waals surface area contributed by atoms with Crippen molar-refractivity contribution in [2.45, 2.75) is 20.0 Å². The minimum atomic E-state index is -0.732. The normalized spacial score (nSPS) is 10.8. The van der Waals surface area contributed by atoms with Crippen LogP contribution in [0, 0.1) is 11.6 Å². The molecular weight excluding hydrogens is 298 g/mol. The van der Waals surface area contributed by atoms with Crippen molar-refractivity contribution in [3.63, 3.8) is 0 Å². The molecule has 0 heterocycles. The fraction of sp³-hybridized carbons (Fsp3) is 0.188. The lowest BCUT2D eigenvalue weighted by Gasteiger charge is -2.16. The topological polar surface area (TPSA) is 26.3 Å². The second kappa shape index (κ2) is 6.22. The minimum Gasteiger partial charge on any atom is -0.487 e. The van der Waals surface area contributed by atoms with Gasteiger partial charge < -0.3 is 4.74 Å². The van der Waals surface area contributed by atoms with Gasteiger partial charge in [-0.25, -0.2) is 8.78 Å². The first-order valence-electron chi connectivity index (χ1n) is 6.33. The molecule has 0 unspecified atom stereocenters. The maximum absolute atomic E-state index is 14.7. The van der Waals surface area contributed by atoms with Gasteiger partial charge in [-0.1, -0.05) is 23.7 Å². The number of benzene rings is 2. The summed E-state index contributed by atoms with van der Waals surface area (Å²) in [6.45, 7) is 3.44. The lowest BCUT2D eigenvalue weighted by molar-refractivity contribution is 0.111. The molecule has 110 valence electrons. The van der Waals surface area contributed by atoms with E-state index in [4.69, 9.17) is 16.3 Å². The number of hydrogen-bond acceptors (Lipinski definition) is 2. The van der Waals surface area contributed by atoms with Gasteiger partial charge >= 0.3 is 0 Å². The molecule has 0 aromatic heterocycles. The Morgan fingerprint density at radius 1 is 1.19 bits per heavy atom. The van der Waals surface area contributed by atoms with Crippen LogP contribution < -0.4 is 4.74 Å². The molecule has 0 spiro atoms. The Kier molecular flexibility index (Phi) is 4.58. The predicted molar refractivity (Wildman–Crippen MR) is 78.0 cm³/mol. The first-order valence-corrected chi connectivity index (χ1v) is 6.71. The van der Waals surface area contributed by atoms with Gasteiger partial charge in [0, 0.05) is 5.56 Å². The molecule has 5 heteroatoms. The van der Waals surface area contributed by atoms with Crippen molar-refractivity contribution in [2.75, 3.05) is 0 Å². The van der Waals surface area contributed by atoms with Gasteiger partial charge in [0.15, 0.2) is 17.9 Å². The molecule has 0 aliphatic carbocycles. The number of aldehydes is 1. The molecule has 0 atom stereocenters. The zero-order valence-corrected chi connectivity index (χ0v) is 12.2. The summed E-state index contributed by atoms with van der Waals surface area (Å²) in [4.78, 5) is 11.1. The van der Waals surface area contributed by atoms with Crippen LogP contribution in [0.15, 0.2) is 30.3 Å². The van der Waals surface area contributed by atoms with E-state index < -0.39 is 11.6 Å². The van der Waals surface area contributed by atoms with E-state index in [-0.39, 0.29) is 28.0 Å². The number of ether oxygens (including phenoxy) is 1. The van der Waals surface area contributed by atoms with E-state index in [0.717, 1.165) is 0 Å². The highest BCUT2D eigenvalue weighted by molar-refractivity contribution is 6.33. The molecule has 0 aliphatic rings. The van der Waals surface area contributed by atoms with Gasteiger partial charge in [0.25, 0.3) is 0 Å². The third kappa shape index (κ3) is 3.22. The smallest absolute Gasteiger partial charge is 0.175 e. The highest BCUT2D eigenvalue weighted by atomic mass is 35.5. The third-order valence-corrected chi connectivity index (χ3v) is 3.11. The fourth-order valence-corrected chi connectivity index (χ4v) is 2.25. The molecule has 0 saturated heterocycles. The van der Waals surface area contributed by atoms with Crippen LogP contribution in [0.25, 0.3) is 11.1 Å². The van der Waals surface area contributed by atoms with E-state index in [9.17, 15) is 13.6 Å². The zero-order valence-electron chi connectivity index (χ0n) is 11.5. The summed E-state index contributed by atoms with van der Waals surface area (Å²) in [6, 6.07) is 6.59. The summed E-state index contributed by atoms with van der Waals surface area (Å²) in [5.41, 5.74) is 0.528. The Hall–Kier alpha value is -1.94. The second-order valence-corrected chi connectivity index (χ2v) is 5.16. The molecule has 2 rings (SSSR count). The highest BCUT2D eigenvalue weighted by Crippen LogP contribution is 2.38. The molecular formula is C16H13ClF2O2. The molecule has 2 aromatic carbocycles. The lowest BCUT2D eigenvalue weighted by atomic mass is 10.0. The Morgan fingerprint density at radius 3 is 2.33 bits per heavy atom. The quantitative estimate of drug-likeness (QED) is 0.752. The Bertz CT molecular complexity index is 667. The Labute approximate surface area is 126 Å². The summed E-state index contributed by atoms with van der Waals surface area (Å²) in [5.74, 6) is -1.31. The Morgan fingerprint density at radius 2 is 1.81 bits per heavy atom. The monoisotopic (exact) mass is 310 g/mol. The van der Waals surface area contributed by atoms with Crippen molar-refractivity contribution in [3.8, 4) is 16.9 Å². The zero-order chi connectivity index (χ0) is 15.6. The number of rotatable bonds is 4. The van der Waals surface area contributed by atoms with Gasteiger partial charge in [-0.3, -0.25) is 4.79 Å². The van der Waals surface area contributed by atoms with Crippen LogP contribution in [0.4, 0.5) is 8.78 Å². The summed E-state index contributed by atoms with van der Waals surface area (Å²) in [6.07, 6.45) is 0.182. The van der Waals surface area contributed by atoms with E-state index in [1.54, 1.807) is 13.8 Å². The maximum Gasteiger partial charge on any atom is 0.175 e. The standard InChI is InChI=1S/C16H13ClF2O2/c1-9(2)21-16-11(8-20)7-13(17)14(15(16)19)10-3-5-12(18)6-4-10/h3-9H,1-2H3. The van der Waals surface area contributed by atoms with Gasteiger partial charge in [-0.05, 0) is 37.6 Å². The van der Waals surface area contributed by atoms with Crippen LogP contribution >= 0.6 is 11.6 Å². The molecule has 0 N–H and O–H groups in total. The first kappa shape index (κ1) is 15.4. The Balaban J connectivity index is 2.66. The van der Waals surface area contributed by atoms with E-state index in [1.165, 1.54) is 30.3 Å². The van der Waals surface area contributed by atoms with Crippen LogP contribution in [-0.2, 0) is 0 Å². The lowest BCUT2D eigenvalue weighted by Crippen LogP contribution is -2.10. The van der Waals surface area contributed by atoms with Gasteiger partial charge in [0.1, 0.15) is 5.82 Å². The molecule has 2 nitrogen and oxygen atoms in total. The maximum atomic E-state index is 14.7. The van der Waals surface area contributed by atoms with Crippen LogP contribution in [0.5, 0.6) is 5.75 Å². The fourth-order valence-electron chi connectivity index (χ4n) is 1.94. The van der Waals surface area contributed by atoms with Crippen LogP contribution in [0.3, 0.4) is 0 Å². The average molecular weight is 311 g/mol. The van der Waals surface area contributed by atoms with Crippen molar-refractivity contribution in [2.24, 2.45) is 0 Å². The summed E-state index contributed by atoms with van der Waals surface area (Å²) >= 11 is 6.05. The van der Waals surface area contributed by atoms with Crippen molar-refractivity contribution in [3.05, 3.63) is 52.6 Å². The van der Waals surface area contributed by atoms with Gasteiger partial charge in [-0.15, -0.1) is 0 Å².